The van der Waals surface area contributed by atoms with E-state index in [0.717, 1.165) is 5.56 Å². The predicted molar refractivity (Wildman–Crippen MR) is 107 cm³/mol. The highest BCUT2D eigenvalue weighted by Gasteiger charge is 2.10. The molecule has 28 heavy (non-hydrogen) atoms. The number of nitrogens with zero attached hydrogens (tertiary/aromatic N) is 1. The first-order chi connectivity index (χ1) is 13.4. The van der Waals surface area contributed by atoms with E-state index in [0.29, 0.717) is 28.2 Å². The number of nitrogens with two attached hydrogens (primary N) is 1. The minimum absolute atomic E-state index is 0.0862. The van der Waals surface area contributed by atoms with E-state index in [4.69, 9.17) is 5.73 Å². The molecule has 142 valence electrons. The van der Waals surface area contributed by atoms with Gasteiger partial charge >= 0.3 is 0 Å². The number of H-pyrrole nitrogens is 1. The highest BCUT2D eigenvalue weighted by Crippen LogP contribution is 2.18. The summed E-state index contributed by atoms with van der Waals surface area (Å²) < 4.78 is 0. The molecule has 0 unspecified atom stereocenters. The molecular weight excluding hydrogens is 358 g/mol. The number of aryl methyl sites for hydroxylation is 1. The Balaban J connectivity index is 1.67. The molecule has 0 fully saturated rings. The number of amides is 2. The molecule has 8 nitrogen and oxygen atoms in total. The van der Waals surface area contributed by atoms with Gasteiger partial charge in [0.05, 0.1) is 6.42 Å². The van der Waals surface area contributed by atoms with Crippen LogP contribution in [0.15, 0.2) is 59.5 Å². The van der Waals surface area contributed by atoms with Gasteiger partial charge in [0, 0.05) is 34.4 Å². The zero-order valence-corrected chi connectivity index (χ0v) is 15.2. The molecule has 0 radical (unpaired) electrons. The second-order valence-electron chi connectivity index (χ2n) is 6.24. The van der Waals surface area contributed by atoms with E-state index in [-0.39, 0.29) is 18.2 Å². The van der Waals surface area contributed by atoms with E-state index in [1.54, 1.807) is 42.5 Å². The van der Waals surface area contributed by atoms with Crippen LogP contribution in [0.1, 0.15) is 21.5 Å². The molecule has 0 atom stereocenters. The Morgan fingerprint density at radius 3 is 2.54 bits per heavy atom. The number of nitrogens with one attached hydrogen (secondary N) is 3. The van der Waals surface area contributed by atoms with Crippen molar-refractivity contribution in [2.45, 2.75) is 13.3 Å². The van der Waals surface area contributed by atoms with Crippen molar-refractivity contribution < 1.29 is 9.59 Å². The quantitative estimate of drug-likeness (QED) is 0.506. The molecule has 0 bridgehead atoms. The zero-order valence-electron chi connectivity index (χ0n) is 15.2. The number of aromatic nitrogens is 2. The van der Waals surface area contributed by atoms with E-state index in [1.807, 2.05) is 6.92 Å². The van der Waals surface area contributed by atoms with Crippen molar-refractivity contribution in [2.24, 2.45) is 0 Å². The normalized spacial score (nSPS) is 10.3. The van der Waals surface area contributed by atoms with Crippen molar-refractivity contribution in [2.75, 3.05) is 16.4 Å². The first-order valence-corrected chi connectivity index (χ1v) is 8.52. The van der Waals surface area contributed by atoms with Gasteiger partial charge in [-0.05, 0) is 48.9 Å². The van der Waals surface area contributed by atoms with Crippen LogP contribution in [0.25, 0.3) is 0 Å². The molecule has 8 heteroatoms. The van der Waals surface area contributed by atoms with Crippen LogP contribution in [-0.4, -0.2) is 22.0 Å². The van der Waals surface area contributed by atoms with Crippen LogP contribution in [-0.2, 0) is 11.2 Å². The fourth-order valence-corrected chi connectivity index (χ4v) is 2.55. The Bertz CT molecular complexity index is 1090. The molecule has 1 aromatic heterocycles. The highest BCUT2D eigenvalue weighted by atomic mass is 16.2. The van der Waals surface area contributed by atoms with Gasteiger partial charge in [-0.1, -0.05) is 12.1 Å². The Labute approximate surface area is 160 Å². The van der Waals surface area contributed by atoms with Crippen molar-refractivity contribution in [1.82, 2.24) is 10.2 Å². The zero-order chi connectivity index (χ0) is 20.1. The molecule has 0 spiro atoms. The Morgan fingerprint density at radius 1 is 1.07 bits per heavy atom. The lowest BCUT2D eigenvalue weighted by Crippen LogP contribution is -2.21. The summed E-state index contributed by atoms with van der Waals surface area (Å²) in [6.07, 6.45) is 1.33. The highest BCUT2D eigenvalue weighted by molar-refractivity contribution is 6.05. The third kappa shape index (κ3) is 4.61. The molecule has 5 N–H and O–H groups in total. The van der Waals surface area contributed by atoms with Gasteiger partial charge in [-0.2, -0.15) is 5.10 Å². The number of benzene rings is 2. The van der Waals surface area contributed by atoms with E-state index in [2.05, 4.69) is 20.8 Å². The topological polar surface area (TPSA) is 130 Å². The van der Waals surface area contributed by atoms with E-state index >= 15 is 0 Å². The minimum atomic E-state index is -0.406. The maximum absolute atomic E-state index is 12.4. The molecule has 3 rings (SSSR count). The summed E-state index contributed by atoms with van der Waals surface area (Å²) in [6, 6.07) is 13.3. The van der Waals surface area contributed by atoms with E-state index in [1.165, 1.54) is 12.3 Å². The van der Waals surface area contributed by atoms with Crippen molar-refractivity contribution in [1.29, 1.82) is 0 Å². The second kappa shape index (κ2) is 8.17. The van der Waals surface area contributed by atoms with E-state index in [9.17, 15) is 14.4 Å². The molecular formula is C20H19N5O3. The Kier molecular flexibility index (Phi) is 5.50. The number of aromatic amines is 1. The molecule has 0 aliphatic rings. The number of hydrogen-bond acceptors (Lipinski definition) is 5. The van der Waals surface area contributed by atoms with Crippen LogP contribution in [0.4, 0.5) is 17.1 Å². The van der Waals surface area contributed by atoms with Crippen LogP contribution in [0.2, 0.25) is 0 Å². The van der Waals surface area contributed by atoms with Gasteiger partial charge in [0.2, 0.25) is 5.91 Å². The molecule has 0 aliphatic heterocycles. The van der Waals surface area contributed by atoms with Gasteiger partial charge in [-0.15, -0.1) is 0 Å². The third-order valence-corrected chi connectivity index (χ3v) is 4.10. The van der Waals surface area contributed by atoms with Gasteiger partial charge in [0.1, 0.15) is 0 Å². The van der Waals surface area contributed by atoms with Gasteiger partial charge in [-0.25, -0.2) is 5.10 Å². The molecule has 2 amide bonds. The average Bonchev–Trinajstić information content (AvgIpc) is 2.66. The maximum atomic E-state index is 12.4. The summed E-state index contributed by atoms with van der Waals surface area (Å²) >= 11 is 0. The first-order valence-electron chi connectivity index (χ1n) is 8.52. The standard InChI is InChI=1S/C20H19N5O3/c1-12-5-6-13(9-17(12)21)19(27)24-16-4-2-3-15(11-16)23-18(26)10-14-7-8-22-25-20(14)28/h2-9,11H,10,21H2,1H3,(H,23,26)(H,24,27)(H,25,28). The lowest BCUT2D eigenvalue weighted by molar-refractivity contribution is -0.115. The Hall–Kier alpha value is -3.94. The van der Waals surface area contributed by atoms with Crippen LogP contribution >= 0.6 is 0 Å². The summed E-state index contributed by atoms with van der Waals surface area (Å²) in [5.74, 6) is -0.662. The first kappa shape index (κ1) is 18.8. The van der Waals surface area contributed by atoms with Crippen LogP contribution < -0.4 is 21.9 Å². The SMILES string of the molecule is Cc1ccc(C(=O)Nc2cccc(NC(=O)Cc3ccn[nH]c3=O)c2)cc1N. The molecule has 0 aliphatic carbocycles. The van der Waals surface area contributed by atoms with Gasteiger partial charge in [-0.3, -0.25) is 14.4 Å². The fourth-order valence-electron chi connectivity index (χ4n) is 2.55. The number of carbonyl (C=O) groups is 2. The lowest BCUT2D eigenvalue weighted by Gasteiger charge is -2.10. The van der Waals surface area contributed by atoms with Crippen LogP contribution in [0, 0.1) is 6.92 Å². The fraction of sp³-hybridized carbons (Fsp3) is 0.100. The molecule has 3 aromatic rings. The van der Waals surface area contributed by atoms with Crippen molar-refractivity contribution in [3.8, 4) is 0 Å². The number of anilines is 3. The summed E-state index contributed by atoms with van der Waals surface area (Å²) in [7, 11) is 0. The van der Waals surface area contributed by atoms with Gasteiger partial charge in [0.25, 0.3) is 11.5 Å². The number of carbonyl (C=O) groups excluding carboxylic acids is 2. The minimum Gasteiger partial charge on any atom is -0.398 e. The van der Waals surface area contributed by atoms with Gasteiger partial charge < -0.3 is 16.4 Å². The molecule has 2 aromatic carbocycles. The van der Waals surface area contributed by atoms with Crippen molar-refractivity contribution >= 4 is 28.9 Å². The predicted octanol–water partition coefficient (Wildman–Crippen LogP) is 2.09. The Morgan fingerprint density at radius 2 is 1.82 bits per heavy atom. The summed E-state index contributed by atoms with van der Waals surface area (Å²) in [4.78, 5) is 36.2. The lowest BCUT2D eigenvalue weighted by atomic mass is 10.1. The molecule has 0 saturated heterocycles. The smallest absolute Gasteiger partial charge is 0.267 e. The maximum Gasteiger partial charge on any atom is 0.267 e. The largest absolute Gasteiger partial charge is 0.398 e. The molecule has 0 saturated carbocycles. The van der Waals surface area contributed by atoms with Crippen LogP contribution in [0.5, 0.6) is 0 Å². The van der Waals surface area contributed by atoms with Crippen molar-refractivity contribution in [3.63, 3.8) is 0 Å². The summed E-state index contributed by atoms with van der Waals surface area (Å²) in [6.45, 7) is 1.86. The van der Waals surface area contributed by atoms with Gasteiger partial charge in [0.15, 0.2) is 0 Å². The van der Waals surface area contributed by atoms with Crippen LogP contribution in [0.3, 0.4) is 0 Å². The summed E-state index contributed by atoms with van der Waals surface area (Å²) in [5, 5.41) is 11.3. The second-order valence-corrected chi connectivity index (χ2v) is 6.24. The number of rotatable bonds is 5. The number of nitrogen functional groups attached to an aromatic ring is 1. The summed E-state index contributed by atoms with van der Waals surface area (Å²) in [5.41, 5.74) is 8.65. The number of hydrogen-bond donors (Lipinski definition) is 4. The van der Waals surface area contributed by atoms with Crippen molar-refractivity contribution in [3.05, 3.63) is 81.8 Å². The average molecular weight is 377 g/mol. The monoisotopic (exact) mass is 377 g/mol. The third-order valence-electron chi connectivity index (χ3n) is 4.10. The molecule has 1 heterocycles. The van der Waals surface area contributed by atoms with E-state index < -0.39 is 5.56 Å².